The van der Waals surface area contributed by atoms with Crippen molar-refractivity contribution in [2.45, 2.75) is 37.6 Å². The summed E-state index contributed by atoms with van der Waals surface area (Å²) in [6, 6.07) is 28.7. The fourth-order valence-corrected chi connectivity index (χ4v) is 5.82. The highest BCUT2D eigenvalue weighted by atomic mass is 16.7. The second-order valence-corrected chi connectivity index (χ2v) is 10.7. The molecular weight excluding hydrogens is 514 g/mol. The number of aliphatic hydroxyl groups excluding tert-OH is 1. The smallest absolute Gasteiger partial charge is 0.225 e. The predicted octanol–water partition coefficient (Wildman–Crippen LogP) is 4.19. The molecule has 0 saturated carbocycles. The zero-order valence-electron chi connectivity index (χ0n) is 23.1. The van der Waals surface area contributed by atoms with Crippen molar-refractivity contribution >= 4 is 5.95 Å². The minimum absolute atomic E-state index is 0.00969. The molecule has 212 valence electrons. The second kappa shape index (κ2) is 12.9. The average Bonchev–Trinajstić information content (AvgIpc) is 3.05. The van der Waals surface area contributed by atoms with E-state index in [2.05, 4.69) is 68.3 Å². The van der Waals surface area contributed by atoms with Gasteiger partial charge >= 0.3 is 0 Å². The van der Waals surface area contributed by atoms with E-state index in [0.717, 1.165) is 60.9 Å². The van der Waals surface area contributed by atoms with E-state index < -0.39 is 6.29 Å². The van der Waals surface area contributed by atoms with Crippen LogP contribution in [0.15, 0.2) is 97.3 Å². The van der Waals surface area contributed by atoms with Crippen LogP contribution in [0.5, 0.6) is 0 Å². The van der Waals surface area contributed by atoms with E-state index in [0.29, 0.717) is 6.54 Å². The highest BCUT2D eigenvalue weighted by Gasteiger charge is 2.42. The van der Waals surface area contributed by atoms with Crippen molar-refractivity contribution in [3.05, 3.63) is 125 Å². The van der Waals surface area contributed by atoms with Crippen LogP contribution in [-0.2, 0) is 22.6 Å². The highest BCUT2D eigenvalue weighted by Crippen LogP contribution is 2.47. The SMILES string of the molecule is NCc1ccc(C2OC(CN3CCN(c4ncccn4)CC3)C(c3ccccc3)C(c3ccc(CO)cc3)O2)cc1. The molecular formula is C33H37N5O3. The summed E-state index contributed by atoms with van der Waals surface area (Å²) in [6.07, 6.45) is 2.72. The summed E-state index contributed by atoms with van der Waals surface area (Å²) in [4.78, 5) is 13.6. The maximum atomic E-state index is 9.64. The maximum absolute atomic E-state index is 9.64. The minimum Gasteiger partial charge on any atom is -0.392 e. The molecule has 2 saturated heterocycles. The molecule has 0 aliphatic carbocycles. The summed E-state index contributed by atoms with van der Waals surface area (Å²) < 4.78 is 13.7. The molecule has 1 aromatic heterocycles. The van der Waals surface area contributed by atoms with Gasteiger partial charge in [-0.3, -0.25) is 4.90 Å². The van der Waals surface area contributed by atoms with Crippen molar-refractivity contribution in [2.24, 2.45) is 5.73 Å². The number of benzene rings is 3. The van der Waals surface area contributed by atoms with Crippen molar-refractivity contribution in [3.8, 4) is 0 Å². The molecule has 8 nitrogen and oxygen atoms in total. The lowest BCUT2D eigenvalue weighted by atomic mass is 9.83. The van der Waals surface area contributed by atoms with Gasteiger partial charge in [-0.1, -0.05) is 78.9 Å². The first kappa shape index (κ1) is 27.5. The molecule has 0 radical (unpaired) electrons. The van der Waals surface area contributed by atoms with Crippen LogP contribution in [0.2, 0.25) is 0 Å². The molecule has 3 aromatic carbocycles. The number of ether oxygens (including phenoxy) is 2. The number of aromatic nitrogens is 2. The standard InChI is InChI=1S/C33H37N5O3/c34-21-24-7-13-28(14-8-24)32-40-29(22-37-17-19-38(20-18-37)33-35-15-4-16-36-33)30(26-5-2-1-3-6-26)31(41-32)27-11-9-25(23-39)10-12-27/h1-16,29-32,39H,17-23,34H2. The van der Waals surface area contributed by atoms with Gasteiger partial charge in [-0.15, -0.1) is 0 Å². The Hall–Kier alpha value is -3.66. The first-order valence-electron chi connectivity index (χ1n) is 14.3. The number of hydrogen-bond donors (Lipinski definition) is 2. The van der Waals surface area contributed by atoms with E-state index in [-0.39, 0.29) is 24.7 Å². The van der Waals surface area contributed by atoms with E-state index >= 15 is 0 Å². The molecule has 3 heterocycles. The number of anilines is 1. The third kappa shape index (κ3) is 6.32. The number of piperazine rings is 1. The second-order valence-electron chi connectivity index (χ2n) is 10.7. The number of nitrogens with zero attached hydrogens (tertiary/aromatic N) is 4. The summed E-state index contributed by atoms with van der Waals surface area (Å²) in [5, 5.41) is 9.64. The van der Waals surface area contributed by atoms with Crippen LogP contribution in [-0.4, -0.2) is 58.8 Å². The molecule has 0 spiro atoms. The van der Waals surface area contributed by atoms with E-state index in [4.69, 9.17) is 15.2 Å². The zero-order valence-corrected chi connectivity index (χ0v) is 23.1. The molecule has 3 N–H and O–H groups in total. The lowest BCUT2D eigenvalue weighted by Crippen LogP contribution is -2.51. The highest BCUT2D eigenvalue weighted by molar-refractivity contribution is 5.33. The Labute approximate surface area is 241 Å². The first-order valence-corrected chi connectivity index (χ1v) is 14.3. The fraction of sp³-hybridized carbons (Fsp3) is 0.333. The Morgan fingerprint density at radius 1 is 0.732 bits per heavy atom. The van der Waals surface area contributed by atoms with E-state index in [1.165, 1.54) is 5.56 Å². The Morgan fingerprint density at radius 3 is 2.05 bits per heavy atom. The van der Waals surface area contributed by atoms with E-state index in [1.54, 1.807) is 12.4 Å². The van der Waals surface area contributed by atoms with Crippen LogP contribution in [0.1, 0.15) is 46.1 Å². The van der Waals surface area contributed by atoms with Crippen molar-refractivity contribution in [2.75, 3.05) is 37.6 Å². The van der Waals surface area contributed by atoms with Crippen molar-refractivity contribution < 1.29 is 14.6 Å². The van der Waals surface area contributed by atoms with Crippen molar-refractivity contribution in [3.63, 3.8) is 0 Å². The Kier molecular flexibility index (Phi) is 8.65. The third-order valence-corrected chi connectivity index (χ3v) is 8.10. The number of rotatable bonds is 8. The number of nitrogens with two attached hydrogens (primary N) is 1. The van der Waals surface area contributed by atoms with Gasteiger partial charge in [0.1, 0.15) is 0 Å². The van der Waals surface area contributed by atoms with Gasteiger partial charge in [-0.25, -0.2) is 9.97 Å². The van der Waals surface area contributed by atoms with Gasteiger partial charge in [0.2, 0.25) is 5.95 Å². The summed E-state index contributed by atoms with van der Waals surface area (Å²) in [6.45, 7) is 4.78. The molecule has 2 fully saturated rings. The Balaban J connectivity index is 1.30. The summed E-state index contributed by atoms with van der Waals surface area (Å²) >= 11 is 0. The summed E-state index contributed by atoms with van der Waals surface area (Å²) in [7, 11) is 0. The van der Waals surface area contributed by atoms with Gasteiger partial charge < -0.3 is 25.2 Å². The van der Waals surface area contributed by atoms with Crippen LogP contribution in [0.3, 0.4) is 0 Å². The molecule has 2 aliphatic heterocycles. The zero-order chi connectivity index (χ0) is 28.0. The van der Waals surface area contributed by atoms with Crippen LogP contribution < -0.4 is 10.6 Å². The summed E-state index contributed by atoms with van der Waals surface area (Å²) in [5.41, 5.74) is 11.0. The van der Waals surface area contributed by atoms with Gasteiger partial charge in [0.15, 0.2) is 6.29 Å². The van der Waals surface area contributed by atoms with Gasteiger partial charge in [0.05, 0.1) is 18.8 Å². The molecule has 41 heavy (non-hydrogen) atoms. The van der Waals surface area contributed by atoms with Crippen LogP contribution in [0.25, 0.3) is 0 Å². The van der Waals surface area contributed by atoms with Crippen molar-refractivity contribution in [1.82, 2.24) is 14.9 Å². The molecule has 0 bridgehead atoms. The monoisotopic (exact) mass is 551 g/mol. The van der Waals surface area contributed by atoms with E-state index in [9.17, 15) is 5.11 Å². The minimum atomic E-state index is -0.520. The Morgan fingerprint density at radius 2 is 1.39 bits per heavy atom. The lowest BCUT2D eigenvalue weighted by molar-refractivity contribution is -0.263. The number of hydrogen-bond acceptors (Lipinski definition) is 8. The van der Waals surface area contributed by atoms with Gasteiger partial charge in [0.25, 0.3) is 0 Å². The third-order valence-electron chi connectivity index (χ3n) is 8.10. The molecule has 2 aliphatic rings. The number of aliphatic hydroxyl groups is 1. The lowest BCUT2D eigenvalue weighted by Gasteiger charge is -2.45. The molecule has 0 amide bonds. The fourth-order valence-electron chi connectivity index (χ4n) is 5.82. The van der Waals surface area contributed by atoms with E-state index in [1.807, 2.05) is 36.4 Å². The van der Waals surface area contributed by atoms with Crippen molar-refractivity contribution in [1.29, 1.82) is 0 Å². The Bertz CT molecular complexity index is 1360. The normalized spacial score (nSPS) is 23.4. The maximum Gasteiger partial charge on any atom is 0.225 e. The molecule has 4 unspecified atom stereocenters. The summed E-state index contributed by atoms with van der Waals surface area (Å²) in [5.74, 6) is 0.759. The molecule has 6 rings (SSSR count). The van der Waals surface area contributed by atoms with Gasteiger partial charge in [0, 0.05) is 63.1 Å². The predicted molar refractivity (Wildman–Crippen MR) is 158 cm³/mol. The topological polar surface area (TPSA) is 97.0 Å². The largest absolute Gasteiger partial charge is 0.392 e. The van der Waals surface area contributed by atoms with Crippen LogP contribution in [0.4, 0.5) is 5.95 Å². The average molecular weight is 552 g/mol. The molecule has 4 atom stereocenters. The van der Waals surface area contributed by atoms with Gasteiger partial charge in [-0.05, 0) is 28.3 Å². The quantitative estimate of drug-likeness (QED) is 0.337. The molecule has 4 aromatic rings. The molecule has 8 heteroatoms. The first-order chi connectivity index (χ1) is 20.2. The van der Waals surface area contributed by atoms with Gasteiger partial charge in [-0.2, -0.15) is 0 Å². The van der Waals surface area contributed by atoms with Crippen LogP contribution in [0, 0.1) is 0 Å². The van der Waals surface area contributed by atoms with Crippen LogP contribution >= 0.6 is 0 Å².